The van der Waals surface area contributed by atoms with Gasteiger partial charge in [-0.1, -0.05) is 96.7 Å². The molecule has 0 unspecified atom stereocenters. The van der Waals surface area contributed by atoms with E-state index in [2.05, 4.69) is 0 Å². The van der Waals surface area contributed by atoms with Crippen molar-refractivity contribution in [1.29, 1.82) is 0 Å². The second kappa shape index (κ2) is 10.9. The minimum Gasteiger partial charge on any atom is -0.480 e. The van der Waals surface area contributed by atoms with Gasteiger partial charge in [0.2, 0.25) is 5.91 Å². The minimum absolute atomic E-state index is 0.107. The van der Waals surface area contributed by atoms with Crippen LogP contribution < -0.4 is 4.90 Å². The summed E-state index contributed by atoms with van der Waals surface area (Å²) in [5.74, 6) is -2.08. The quantitative estimate of drug-likeness (QED) is 0.346. The van der Waals surface area contributed by atoms with E-state index in [1.54, 1.807) is 21.6 Å². The molecule has 7 nitrogen and oxygen atoms in total. The maximum atomic E-state index is 14.1. The second-order valence-electron chi connectivity index (χ2n) is 9.74. The summed E-state index contributed by atoms with van der Waals surface area (Å²) in [6.45, 7) is 0.229. The standard InChI is InChI=1S/C32H27N3O4S/c36-30(29(22-11-3-1-4-12-22)23-13-5-2-6-14-23)34-20-19-33(21-26(34)31(37)38)32(39)35-24-15-7-9-17-27(24)40-28-18-10-8-16-25(28)35/h1-18,26,29H,19-21H2,(H,37,38)/t26-/m0/s1. The Balaban J connectivity index is 1.30. The normalized spacial score (nSPS) is 16.3. The fraction of sp³-hybridized carbons (Fsp3) is 0.156. The summed E-state index contributed by atoms with van der Waals surface area (Å²) >= 11 is 1.60. The van der Waals surface area contributed by atoms with E-state index in [1.807, 2.05) is 109 Å². The van der Waals surface area contributed by atoms with E-state index in [4.69, 9.17) is 0 Å². The van der Waals surface area contributed by atoms with Crippen LogP contribution in [-0.4, -0.2) is 58.5 Å². The Bertz CT molecular complexity index is 1480. The van der Waals surface area contributed by atoms with Crippen LogP contribution in [0.4, 0.5) is 16.2 Å². The lowest BCUT2D eigenvalue weighted by Crippen LogP contribution is -2.61. The number of carbonyl (C=O) groups excluding carboxylic acids is 2. The molecular formula is C32H27N3O4S. The zero-order chi connectivity index (χ0) is 27.6. The summed E-state index contributed by atoms with van der Waals surface area (Å²) in [6, 6.07) is 32.7. The maximum absolute atomic E-state index is 14.1. The first-order valence-corrected chi connectivity index (χ1v) is 13.9. The van der Waals surface area contributed by atoms with Crippen LogP contribution in [0.5, 0.6) is 0 Å². The molecule has 0 saturated carbocycles. The number of nitrogens with zero attached hydrogens (tertiary/aromatic N) is 3. The first-order valence-electron chi connectivity index (χ1n) is 13.1. The summed E-state index contributed by atoms with van der Waals surface area (Å²) in [5, 5.41) is 10.3. The molecule has 1 atom stereocenters. The summed E-state index contributed by atoms with van der Waals surface area (Å²) in [4.78, 5) is 47.2. The van der Waals surface area contributed by atoms with E-state index in [1.165, 1.54) is 4.90 Å². The van der Waals surface area contributed by atoms with Crippen LogP contribution in [0, 0.1) is 0 Å². The number of amides is 3. The Morgan fingerprint density at radius 2 is 1.20 bits per heavy atom. The molecular weight excluding hydrogens is 522 g/mol. The van der Waals surface area contributed by atoms with Crippen molar-refractivity contribution < 1.29 is 19.5 Å². The van der Waals surface area contributed by atoms with Crippen LogP contribution in [0.25, 0.3) is 0 Å². The van der Waals surface area contributed by atoms with E-state index in [0.717, 1.165) is 32.3 Å². The molecule has 8 heteroatoms. The molecule has 4 aromatic rings. The predicted molar refractivity (Wildman–Crippen MR) is 154 cm³/mol. The summed E-state index contributed by atoms with van der Waals surface area (Å²) in [6.07, 6.45) is 0. The molecule has 6 rings (SSSR count). The largest absolute Gasteiger partial charge is 0.480 e. The smallest absolute Gasteiger partial charge is 0.329 e. The van der Waals surface area contributed by atoms with Crippen LogP contribution in [0.2, 0.25) is 0 Å². The first-order chi connectivity index (χ1) is 19.5. The average molecular weight is 550 g/mol. The van der Waals surface area contributed by atoms with E-state index in [0.29, 0.717) is 0 Å². The molecule has 0 aromatic heterocycles. The Labute approximate surface area is 236 Å². The number of carboxylic acid groups (broad SMARTS) is 1. The van der Waals surface area contributed by atoms with Gasteiger partial charge in [0, 0.05) is 22.9 Å². The highest BCUT2D eigenvalue weighted by molar-refractivity contribution is 7.99. The van der Waals surface area contributed by atoms with E-state index in [9.17, 15) is 19.5 Å². The number of urea groups is 1. The molecule has 1 saturated heterocycles. The van der Waals surface area contributed by atoms with Gasteiger partial charge in [-0.25, -0.2) is 9.59 Å². The van der Waals surface area contributed by atoms with E-state index >= 15 is 0 Å². The highest BCUT2D eigenvalue weighted by Gasteiger charge is 2.42. The number of para-hydroxylation sites is 2. The molecule has 2 heterocycles. The van der Waals surface area contributed by atoms with Gasteiger partial charge >= 0.3 is 12.0 Å². The third-order valence-corrected chi connectivity index (χ3v) is 8.49. The van der Waals surface area contributed by atoms with Gasteiger partial charge in [-0.3, -0.25) is 9.69 Å². The third kappa shape index (κ3) is 4.71. The molecule has 3 amide bonds. The molecule has 2 aliphatic rings. The van der Waals surface area contributed by atoms with Gasteiger partial charge in [-0.05, 0) is 35.4 Å². The van der Waals surface area contributed by atoms with Gasteiger partial charge < -0.3 is 14.9 Å². The predicted octanol–water partition coefficient (Wildman–Crippen LogP) is 5.84. The van der Waals surface area contributed by atoms with Gasteiger partial charge in [0.25, 0.3) is 0 Å². The monoisotopic (exact) mass is 549 g/mol. The lowest BCUT2D eigenvalue weighted by Gasteiger charge is -2.43. The highest BCUT2D eigenvalue weighted by Crippen LogP contribution is 2.48. The number of fused-ring (bicyclic) bond motifs is 2. The SMILES string of the molecule is O=C(O)[C@@H]1CN(C(=O)N2c3ccccc3Sc3ccccc32)CCN1C(=O)C(c1ccccc1)c1ccccc1. The lowest BCUT2D eigenvalue weighted by molar-refractivity contribution is -0.153. The van der Waals surface area contributed by atoms with Gasteiger partial charge in [0.05, 0.1) is 23.8 Å². The first kappa shape index (κ1) is 25.7. The van der Waals surface area contributed by atoms with E-state index in [-0.39, 0.29) is 31.6 Å². The fourth-order valence-corrected chi connectivity index (χ4v) is 6.48. The molecule has 4 aromatic carbocycles. The van der Waals surface area contributed by atoms with Crippen molar-refractivity contribution >= 4 is 41.0 Å². The van der Waals surface area contributed by atoms with Crippen LogP contribution >= 0.6 is 11.8 Å². The molecule has 0 aliphatic carbocycles. The second-order valence-corrected chi connectivity index (χ2v) is 10.8. The summed E-state index contributed by atoms with van der Waals surface area (Å²) < 4.78 is 0. The number of hydrogen-bond acceptors (Lipinski definition) is 4. The summed E-state index contributed by atoms with van der Waals surface area (Å²) in [5.41, 5.74) is 3.10. The van der Waals surface area contributed by atoms with Crippen molar-refractivity contribution in [2.24, 2.45) is 0 Å². The molecule has 0 spiro atoms. The number of benzene rings is 4. The number of hydrogen-bond donors (Lipinski definition) is 1. The van der Waals surface area contributed by atoms with Crippen LogP contribution in [0.3, 0.4) is 0 Å². The average Bonchev–Trinajstić information content (AvgIpc) is 3.00. The molecule has 200 valence electrons. The molecule has 0 bridgehead atoms. The zero-order valence-corrected chi connectivity index (χ0v) is 22.4. The Morgan fingerprint density at radius 1 is 0.700 bits per heavy atom. The van der Waals surface area contributed by atoms with Crippen molar-refractivity contribution in [3.05, 3.63) is 120 Å². The van der Waals surface area contributed by atoms with Crippen LogP contribution in [-0.2, 0) is 9.59 Å². The molecule has 2 aliphatic heterocycles. The molecule has 0 radical (unpaired) electrons. The van der Waals surface area contributed by atoms with Gasteiger partial charge in [0.15, 0.2) is 0 Å². The Kier molecular flexibility index (Phi) is 7.00. The fourth-order valence-electron chi connectivity index (χ4n) is 5.42. The van der Waals surface area contributed by atoms with Gasteiger partial charge in [-0.15, -0.1) is 0 Å². The number of piperazine rings is 1. The summed E-state index contributed by atoms with van der Waals surface area (Å²) in [7, 11) is 0. The van der Waals surface area contributed by atoms with Crippen molar-refractivity contribution in [2.45, 2.75) is 21.8 Å². The molecule has 1 N–H and O–H groups in total. The van der Waals surface area contributed by atoms with Crippen molar-refractivity contribution in [1.82, 2.24) is 9.80 Å². The highest BCUT2D eigenvalue weighted by atomic mass is 32.2. The lowest BCUT2D eigenvalue weighted by atomic mass is 9.89. The van der Waals surface area contributed by atoms with Crippen molar-refractivity contribution in [2.75, 3.05) is 24.5 Å². The van der Waals surface area contributed by atoms with Crippen molar-refractivity contribution in [3.63, 3.8) is 0 Å². The number of carbonyl (C=O) groups is 3. The number of rotatable bonds is 4. The third-order valence-electron chi connectivity index (χ3n) is 7.36. The van der Waals surface area contributed by atoms with Crippen molar-refractivity contribution in [3.8, 4) is 0 Å². The number of anilines is 2. The maximum Gasteiger partial charge on any atom is 0.329 e. The van der Waals surface area contributed by atoms with Crippen LogP contribution in [0.1, 0.15) is 17.0 Å². The minimum atomic E-state index is -1.18. The van der Waals surface area contributed by atoms with E-state index < -0.39 is 17.9 Å². The number of aliphatic carboxylic acids is 1. The number of carboxylic acids is 1. The van der Waals surface area contributed by atoms with Gasteiger partial charge in [-0.2, -0.15) is 0 Å². The van der Waals surface area contributed by atoms with Gasteiger partial charge in [0.1, 0.15) is 6.04 Å². The zero-order valence-electron chi connectivity index (χ0n) is 21.6. The topological polar surface area (TPSA) is 81.2 Å². The Hall–Kier alpha value is -4.56. The molecule has 40 heavy (non-hydrogen) atoms. The Morgan fingerprint density at radius 3 is 1.73 bits per heavy atom. The van der Waals surface area contributed by atoms with Crippen LogP contribution in [0.15, 0.2) is 119 Å². The molecule has 1 fully saturated rings.